The fourth-order valence-electron chi connectivity index (χ4n) is 1.65. The van der Waals surface area contributed by atoms with Crippen molar-refractivity contribution in [2.75, 3.05) is 5.32 Å². The Labute approximate surface area is 115 Å². The number of phenolic OH excluding ortho intramolecular Hbond substituents is 1. The molecule has 1 atom stereocenters. The van der Waals surface area contributed by atoms with Gasteiger partial charge < -0.3 is 10.4 Å². The number of aryl methyl sites for hydroxylation is 1. The van der Waals surface area contributed by atoms with Gasteiger partial charge in [0, 0.05) is 24.5 Å². The van der Waals surface area contributed by atoms with Crippen LogP contribution in [0, 0.1) is 0 Å². The lowest BCUT2D eigenvalue weighted by Gasteiger charge is -2.14. The molecule has 6 heteroatoms. The van der Waals surface area contributed by atoms with E-state index in [0.29, 0.717) is 0 Å². The average Bonchev–Trinajstić information content (AvgIpc) is 2.72. The van der Waals surface area contributed by atoms with E-state index in [2.05, 4.69) is 10.4 Å². The van der Waals surface area contributed by atoms with Gasteiger partial charge in [0.2, 0.25) is 0 Å². The second kappa shape index (κ2) is 5.08. The van der Waals surface area contributed by atoms with Crippen LogP contribution in [-0.2, 0) is 7.05 Å². The number of nitrogens with one attached hydrogen (secondary N) is 1. The van der Waals surface area contributed by atoms with Gasteiger partial charge in [0.25, 0.3) is 0 Å². The number of aromatic nitrogens is 2. The van der Waals surface area contributed by atoms with Crippen molar-refractivity contribution < 1.29 is 5.11 Å². The molecule has 0 saturated heterocycles. The molecule has 1 aromatic carbocycles. The Morgan fingerprint density at radius 2 is 1.94 bits per heavy atom. The molecule has 0 bridgehead atoms. The number of anilines is 1. The number of aromatic hydroxyl groups is 1. The molecule has 1 aromatic heterocycles. The van der Waals surface area contributed by atoms with Crippen molar-refractivity contribution in [3.63, 3.8) is 0 Å². The largest absolute Gasteiger partial charge is 0.505 e. The highest BCUT2D eigenvalue weighted by atomic mass is 35.5. The van der Waals surface area contributed by atoms with Crippen molar-refractivity contribution in [1.29, 1.82) is 0 Å². The predicted molar refractivity (Wildman–Crippen MR) is 73.4 cm³/mol. The Bertz CT molecular complexity index is 545. The summed E-state index contributed by atoms with van der Waals surface area (Å²) in [5.41, 5.74) is 1.80. The summed E-state index contributed by atoms with van der Waals surface area (Å²) >= 11 is 11.7. The zero-order valence-electron chi connectivity index (χ0n) is 9.98. The number of halogens is 2. The molecule has 1 heterocycles. The number of rotatable bonds is 3. The zero-order chi connectivity index (χ0) is 13.3. The van der Waals surface area contributed by atoms with Crippen molar-refractivity contribution in [2.24, 2.45) is 7.05 Å². The molecule has 0 aliphatic heterocycles. The molecule has 2 N–H and O–H groups in total. The quantitative estimate of drug-likeness (QED) is 0.847. The molecule has 0 aliphatic rings. The third-order valence-electron chi connectivity index (χ3n) is 2.62. The summed E-state index contributed by atoms with van der Waals surface area (Å²) in [6.07, 6.45) is 3.72. The Morgan fingerprint density at radius 3 is 2.44 bits per heavy atom. The molecule has 96 valence electrons. The summed E-state index contributed by atoms with van der Waals surface area (Å²) in [5.74, 6) is -0.0992. The Kier molecular flexibility index (Phi) is 3.68. The van der Waals surface area contributed by atoms with E-state index in [-0.39, 0.29) is 21.8 Å². The lowest BCUT2D eigenvalue weighted by Crippen LogP contribution is -2.05. The van der Waals surface area contributed by atoms with Gasteiger partial charge in [-0.15, -0.1) is 0 Å². The van der Waals surface area contributed by atoms with Gasteiger partial charge in [-0.25, -0.2) is 0 Å². The molecule has 1 unspecified atom stereocenters. The van der Waals surface area contributed by atoms with Crippen LogP contribution in [0.2, 0.25) is 10.0 Å². The maximum absolute atomic E-state index is 9.48. The van der Waals surface area contributed by atoms with Gasteiger partial charge in [0.05, 0.1) is 22.3 Å². The van der Waals surface area contributed by atoms with Crippen LogP contribution in [0.25, 0.3) is 0 Å². The average molecular weight is 286 g/mol. The number of benzene rings is 1. The minimum Gasteiger partial charge on any atom is -0.505 e. The molecular weight excluding hydrogens is 273 g/mol. The summed E-state index contributed by atoms with van der Waals surface area (Å²) in [5, 5.41) is 17.3. The van der Waals surface area contributed by atoms with Gasteiger partial charge >= 0.3 is 0 Å². The molecular formula is C12H13Cl2N3O. The van der Waals surface area contributed by atoms with Crippen LogP contribution in [0.1, 0.15) is 18.5 Å². The fraction of sp³-hybridized carbons (Fsp3) is 0.250. The predicted octanol–water partition coefficient (Wildman–Crippen LogP) is 3.61. The van der Waals surface area contributed by atoms with E-state index in [0.717, 1.165) is 11.3 Å². The first kappa shape index (κ1) is 13.1. The second-order valence-electron chi connectivity index (χ2n) is 4.10. The molecule has 0 radical (unpaired) electrons. The van der Waals surface area contributed by atoms with Crippen LogP contribution in [0.3, 0.4) is 0 Å². The van der Waals surface area contributed by atoms with Gasteiger partial charge in [-0.05, 0) is 19.1 Å². The van der Waals surface area contributed by atoms with E-state index < -0.39 is 0 Å². The lowest BCUT2D eigenvalue weighted by molar-refractivity contribution is 0.476. The Hall–Kier alpha value is -1.39. The third-order valence-corrected chi connectivity index (χ3v) is 3.20. The highest BCUT2D eigenvalue weighted by Crippen LogP contribution is 2.35. The summed E-state index contributed by atoms with van der Waals surface area (Å²) in [7, 11) is 1.87. The first-order chi connectivity index (χ1) is 8.47. The van der Waals surface area contributed by atoms with E-state index in [1.54, 1.807) is 23.0 Å². The minimum absolute atomic E-state index is 0.0652. The smallest absolute Gasteiger partial charge is 0.152 e. The van der Waals surface area contributed by atoms with Gasteiger partial charge in [0.15, 0.2) is 5.75 Å². The molecule has 0 aliphatic carbocycles. The van der Waals surface area contributed by atoms with Gasteiger partial charge in [0.1, 0.15) is 0 Å². The maximum atomic E-state index is 9.48. The zero-order valence-corrected chi connectivity index (χ0v) is 11.5. The van der Waals surface area contributed by atoms with Crippen LogP contribution < -0.4 is 5.32 Å². The molecule has 0 amide bonds. The van der Waals surface area contributed by atoms with Crippen molar-refractivity contribution in [1.82, 2.24) is 9.78 Å². The van der Waals surface area contributed by atoms with Crippen LogP contribution in [0.4, 0.5) is 5.69 Å². The highest BCUT2D eigenvalue weighted by molar-refractivity contribution is 6.37. The Morgan fingerprint density at radius 1 is 1.33 bits per heavy atom. The molecule has 4 nitrogen and oxygen atoms in total. The summed E-state index contributed by atoms with van der Waals surface area (Å²) in [6.45, 7) is 2.01. The lowest BCUT2D eigenvalue weighted by atomic mass is 10.2. The van der Waals surface area contributed by atoms with Gasteiger partial charge in [-0.2, -0.15) is 5.10 Å². The number of nitrogens with zero attached hydrogens (tertiary/aromatic N) is 2. The van der Waals surface area contributed by atoms with Crippen LogP contribution in [0.5, 0.6) is 5.75 Å². The molecule has 2 rings (SSSR count). The first-order valence-corrected chi connectivity index (χ1v) is 6.16. The van der Waals surface area contributed by atoms with Crippen LogP contribution in [0.15, 0.2) is 24.5 Å². The van der Waals surface area contributed by atoms with E-state index in [1.807, 2.05) is 20.2 Å². The van der Waals surface area contributed by atoms with Crippen molar-refractivity contribution in [2.45, 2.75) is 13.0 Å². The second-order valence-corrected chi connectivity index (χ2v) is 4.92. The van der Waals surface area contributed by atoms with Crippen molar-refractivity contribution in [3.05, 3.63) is 40.1 Å². The topological polar surface area (TPSA) is 50.1 Å². The summed E-state index contributed by atoms with van der Waals surface area (Å²) < 4.78 is 1.74. The first-order valence-electron chi connectivity index (χ1n) is 5.40. The molecule has 2 aromatic rings. The van der Waals surface area contributed by atoms with Crippen LogP contribution in [-0.4, -0.2) is 14.9 Å². The van der Waals surface area contributed by atoms with Crippen LogP contribution >= 0.6 is 23.2 Å². The minimum atomic E-state index is -0.0992. The van der Waals surface area contributed by atoms with Crippen molar-refractivity contribution in [3.8, 4) is 5.75 Å². The van der Waals surface area contributed by atoms with E-state index in [1.165, 1.54) is 0 Å². The fourth-order valence-corrected chi connectivity index (χ4v) is 2.13. The SMILES string of the molecule is CC(Nc1cc(Cl)c(O)c(Cl)c1)c1cnn(C)c1. The number of hydrogen-bond donors (Lipinski definition) is 2. The number of hydrogen-bond acceptors (Lipinski definition) is 3. The number of phenols is 1. The molecule has 0 saturated carbocycles. The Balaban J connectivity index is 2.19. The molecule has 0 fully saturated rings. The van der Waals surface area contributed by atoms with E-state index >= 15 is 0 Å². The summed E-state index contributed by atoms with van der Waals surface area (Å²) in [6, 6.07) is 3.33. The maximum Gasteiger partial charge on any atom is 0.152 e. The molecule has 0 spiro atoms. The van der Waals surface area contributed by atoms with Gasteiger partial charge in [-0.3, -0.25) is 4.68 Å². The third kappa shape index (κ3) is 2.71. The summed E-state index contributed by atoms with van der Waals surface area (Å²) in [4.78, 5) is 0. The standard InChI is InChI=1S/C12H13Cl2N3O/c1-7(8-5-15-17(2)6-8)16-9-3-10(13)12(18)11(14)4-9/h3-7,16,18H,1-2H3. The monoisotopic (exact) mass is 285 g/mol. The molecule has 18 heavy (non-hydrogen) atoms. The normalized spacial score (nSPS) is 12.4. The van der Waals surface area contributed by atoms with E-state index in [9.17, 15) is 5.11 Å². The van der Waals surface area contributed by atoms with Crippen molar-refractivity contribution >= 4 is 28.9 Å². The highest BCUT2D eigenvalue weighted by Gasteiger charge is 2.11. The van der Waals surface area contributed by atoms with E-state index in [4.69, 9.17) is 23.2 Å². The van der Waals surface area contributed by atoms with Gasteiger partial charge in [-0.1, -0.05) is 23.2 Å².